The predicted octanol–water partition coefficient (Wildman–Crippen LogP) is 2.21. The molecule has 1 atom stereocenters. The quantitative estimate of drug-likeness (QED) is 0.945. The molecule has 0 bridgehead atoms. The van der Waals surface area contributed by atoms with Crippen LogP contribution >= 0.6 is 11.6 Å². The Balaban J connectivity index is 1.75. The Morgan fingerprint density at radius 1 is 1.43 bits per heavy atom. The van der Waals surface area contributed by atoms with Crippen LogP contribution in [0.2, 0.25) is 5.15 Å². The molecule has 0 amide bonds. The Bertz CT molecular complexity index is 693. The normalized spacial score (nSPS) is 17.6. The van der Waals surface area contributed by atoms with Crippen LogP contribution in [0.5, 0.6) is 0 Å². The summed E-state index contributed by atoms with van der Waals surface area (Å²) in [6, 6.07) is 8.11. The van der Waals surface area contributed by atoms with Crippen molar-refractivity contribution in [3.8, 4) is 0 Å². The fraction of sp³-hybridized carbons (Fsp3) is 0.375. The highest BCUT2D eigenvalue weighted by Gasteiger charge is 2.25. The van der Waals surface area contributed by atoms with Gasteiger partial charge >= 0.3 is 0 Å². The first-order valence-corrected chi connectivity index (χ1v) is 7.45. The van der Waals surface area contributed by atoms with Crippen LogP contribution < -0.4 is 5.32 Å². The Labute approximate surface area is 129 Å². The summed E-state index contributed by atoms with van der Waals surface area (Å²) in [4.78, 5) is 12.5. The number of carbonyl (C=O) groups excluding carboxylic acids is 1. The molecule has 3 rings (SSSR count). The fourth-order valence-corrected chi connectivity index (χ4v) is 3.10. The highest BCUT2D eigenvalue weighted by atomic mass is 35.5. The number of aromatic nitrogens is 2. The van der Waals surface area contributed by atoms with Crippen molar-refractivity contribution < 1.29 is 4.79 Å². The van der Waals surface area contributed by atoms with Crippen molar-refractivity contribution in [2.75, 3.05) is 0 Å². The summed E-state index contributed by atoms with van der Waals surface area (Å²) in [5.41, 5.74) is 4.19. The second kappa shape index (κ2) is 5.62. The molecule has 0 radical (unpaired) electrons. The van der Waals surface area contributed by atoms with Gasteiger partial charge in [0.1, 0.15) is 5.15 Å². The van der Waals surface area contributed by atoms with E-state index in [4.69, 9.17) is 11.6 Å². The van der Waals surface area contributed by atoms with E-state index in [9.17, 15) is 4.79 Å². The molecule has 21 heavy (non-hydrogen) atoms. The molecule has 1 aliphatic rings. The third-order valence-electron chi connectivity index (χ3n) is 4.09. The van der Waals surface area contributed by atoms with E-state index < -0.39 is 0 Å². The molecular formula is C16H18ClN3O. The first-order valence-electron chi connectivity index (χ1n) is 7.07. The van der Waals surface area contributed by atoms with E-state index in [0.29, 0.717) is 11.6 Å². The third-order valence-corrected chi connectivity index (χ3v) is 4.56. The van der Waals surface area contributed by atoms with E-state index in [0.717, 1.165) is 24.2 Å². The number of nitrogens with zero attached hydrogens (tertiary/aromatic N) is 2. The van der Waals surface area contributed by atoms with Gasteiger partial charge in [-0.3, -0.25) is 9.48 Å². The first kappa shape index (κ1) is 14.3. The molecule has 1 N–H and O–H groups in total. The van der Waals surface area contributed by atoms with E-state index in [2.05, 4.69) is 22.5 Å². The van der Waals surface area contributed by atoms with Crippen molar-refractivity contribution in [2.24, 2.45) is 7.05 Å². The maximum Gasteiger partial charge on any atom is 0.154 e. The molecule has 1 unspecified atom stereocenters. The zero-order chi connectivity index (χ0) is 15.0. The summed E-state index contributed by atoms with van der Waals surface area (Å²) in [5, 5.41) is 8.13. The monoisotopic (exact) mass is 303 g/mol. The molecule has 0 aliphatic carbocycles. The average molecular weight is 304 g/mol. The Kier molecular flexibility index (Phi) is 3.83. The van der Waals surface area contributed by atoms with Crippen LogP contribution in [0.25, 0.3) is 0 Å². The van der Waals surface area contributed by atoms with Crippen molar-refractivity contribution in [3.05, 3.63) is 51.8 Å². The van der Waals surface area contributed by atoms with Crippen LogP contribution in [0.4, 0.5) is 0 Å². The lowest BCUT2D eigenvalue weighted by atomic mass is 9.92. The van der Waals surface area contributed by atoms with Gasteiger partial charge in [-0.05, 0) is 24.5 Å². The smallest absolute Gasteiger partial charge is 0.154 e. The highest BCUT2D eigenvalue weighted by Crippen LogP contribution is 2.22. The minimum absolute atomic E-state index is 0.143. The van der Waals surface area contributed by atoms with Crippen molar-refractivity contribution in [1.82, 2.24) is 15.1 Å². The van der Waals surface area contributed by atoms with Gasteiger partial charge in [0, 0.05) is 25.6 Å². The molecule has 1 aliphatic heterocycles. The summed E-state index contributed by atoms with van der Waals surface area (Å²) >= 11 is 6.21. The van der Waals surface area contributed by atoms with Gasteiger partial charge in [0.05, 0.1) is 11.7 Å². The van der Waals surface area contributed by atoms with Gasteiger partial charge < -0.3 is 5.32 Å². The number of hydrogen-bond donors (Lipinski definition) is 1. The largest absolute Gasteiger partial charge is 0.303 e. The molecule has 1 aromatic heterocycles. The van der Waals surface area contributed by atoms with E-state index in [-0.39, 0.29) is 11.8 Å². The number of aryl methyl sites for hydroxylation is 2. The number of hydrogen-bond acceptors (Lipinski definition) is 3. The van der Waals surface area contributed by atoms with Gasteiger partial charge in [0.2, 0.25) is 0 Å². The van der Waals surface area contributed by atoms with Gasteiger partial charge in [0.15, 0.2) is 5.78 Å². The summed E-state index contributed by atoms with van der Waals surface area (Å²) in [7, 11) is 1.79. The minimum atomic E-state index is -0.143. The molecule has 4 nitrogen and oxygen atoms in total. The van der Waals surface area contributed by atoms with Crippen molar-refractivity contribution in [3.63, 3.8) is 0 Å². The molecule has 1 aromatic carbocycles. The molecule has 2 heterocycles. The lowest BCUT2D eigenvalue weighted by Crippen LogP contribution is -2.42. The molecule has 0 fully saturated rings. The number of nitrogens with one attached hydrogen (secondary N) is 1. The zero-order valence-corrected chi connectivity index (χ0v) is 12.9. The predicted molar refractivity (Wildman–Crippen MR) is 82.4 cm³/mol. The first-order chi connectivity index (χ1) is 10.1. The third kappa shape index (κ3) is 2.74. The van der Waals surface area contributed by atoms with Crippen molar-refractivity contribution in [1.29, 1.82) is 0 Å². The van der Waals surface area contributed by atoms with Crippen LogP contribution in [-0.2, 0) is 31.2 Å². The van der Waals surface area contributed by atoms with Gasteiger partial charge in [-0.15, -0.1) is 0 Å². The molecule has 110 valence electrons. The van der Waals surface area contributed by atoms with E-state index >= 15 is 0 Å². The van der Waals surface area contributed by atoms with Crippen LogP contribution in [0, 0.1) is 6.92 Å². The fourth-order valence-electron chi connectivity index (χ4n) is 2.85. The summed E-state index contributed by atoms with van der Waals surface area (Å²) < 4.78 is 1.61. The lowest BCUT2D eigenvalue weighted by Gasteiger charge is -2.25. The standard InChI is InChI=1S/C16H18ClN3O/c1-10-13(16(17)20(2)19-10)8-15(21)14-7-11-5-3-4-6-12(11)9-18-14/h3-6,14,18H,7-9H2,1-2H3. The maximum absolute atomic E-state index is 12.5. The molecule has 0 saturated heterocycles. The van der Waals surface area contributed by atoms with E-state index in [1.165, 1.54) is 11.1 Å². The number of fused-ring (bicyclic) bond motifs is 1. The number of ketones is 1. The van der Waals surface area contributed by atoms with E-state index in [1.54, 1.807) is 11.7 Å². The molecule has 0 saturated carbocycles. The molecular weight excluding hydrogens is 286 g/mol. The number of carbonyl (C=O) groups is 1. The second-order valence-corrected chi connectivity index (χ2v) is 5.89. The highest BCUT2D eigenvalue weighted by molar-refractivity contribution is 6.30. The topological polar surface area (TPSA) is 46.9 Å². The summed E-state index contributed by atoms with van der Waals surface area (Å²) in [6.45, 7) is 2.63. The van der Waals surface area contributed by atoms with Crippen LogP contribution in [0.15, 0.2) is 24.3 Å². The number of benzene rings is 1. The Morgan fingerprint density at radius 2 is 2.14 bits per heavy atom. The van der Waals surface area contributed by atoms with Crippen LogP contribution in [0.3, 0.4) is 0 Å². The number of rotatable bonds is 3. The zero-order valence-electron chi connectivity index (χ0n) is 12.2. The molecule has 2 aromatic rings. The van der Waals surface area contributed by atoms with Crippen molar-refractivity contribution >= 4 is 17.4 Å². The van der Waals surface area contributed by atoms with Gasteiger partial charge in [-0.25, -0.2) is 0 Å². The van der Waals surface area contributed by atoms with Gasteiger partial charge in [0.25, 0.3) is 0 Å². The average Bonchev–Trinajstić information content (AvgIpc) is 2.73. The summed E-state index contributed by atoms with van der Waals surface area (Å²) in [5.74, 6) is 0.169. The molecule has 0 spiro atoms. The number of Topliss-reactive ketones (excluding diaryl/α,β-unsaturated/α-hetero) is 1. The minimum Gasteiger partial charge on any atom is -0.303 e. The van der Waals surface area contributed by atoms with Gasteiger partial charge in [-0.2, -0.15) is 5.10 Å². The Morgan fingerprint density at radius 3 is 2.81 bits per heavy atom. The lowest BCUT2D eigenvalue weighted by molar-refractivity contribution is -0.120. The maximum atomic E-state index is 12.5. The SMILES string of the molecule is Cc1nn(C)c(Cl)c1CC(=O)C1Cc2ccccc2CN1. The van der Waals surface area contributed by atoms with Crippen molar-refractivity contribution in [2.45, 2.75) is 32.4 Å². The van der Waals surface area contributed by atoms with Gasteiger partial charge in [-0.1, -0.05) is 35.9 Å². The Hall–Kier alpha value is -1.65. The van der Waals surface area contributed by atoms with E-state index in [1.807, 2.05) is 19.1 Å². The number of halogens is 1. The summed E-state index contributed by atoms with van der Waals surface area (Å²) in [6.07, 6.45) is 1.07. The van der Waals surface area contributed by atoms with Crippen LogP contribution in [-0.4, -0.2) is 21.6 Å². The second-order valence-electron chi connectivity index (χ2n) is 5.53. The van der Waals surface area contributed by atoms with Crippen LogP contribution in [0.1, 0.15) is 22.4 Å². The molecule has 5 heteroatoms.